The van der Waals surface area contributed by atoms with Crippen LogP contribution >= 0.6 is 0 Å². The predicted octanol–water partition coefficient (Wildman–Crippen LogP) is 3.77. The minimum atomic E-state index is 0.434. The van der Waals surface area contributed by atoms with Gasteiger partial charge in [-0.2, -0.15) is 0 Å². The first-order valence-corrected chi connectivity index (χ1v) is 11.9. The summed E-state index contributed by atoms with van der Waals surface area (Å²) in [5, 5.41) is 3.65. The third-order valence-corrected chi connectivity index (χ3v) is 7.16. The highest BCUT2D eigenvalue weighted by Gasteiger charge is 2.29. The van der Waals surface area contributed by atoms with E-state index in [0.717, 1.165) is 44.5 Å². The molecule has 31 heavy (non-hydrogen) atoms. The minimum Gasteiger partial charge on any atom is -0.352 e. The van der Waals surface area contributed by atoms with Crippen molar-refractivity contribution in [3.63, 3.8) is 0 Å². The predicted molar refractivity (Wildman–Crippen MR) is 127 cm³/mol. The van der Waals surface area contributed by atoms with Crippen molar-refractivity contribution >= 4 is 5.96 Å². The van der Waals surface area contributed by atoms with Crippen molar-refractivity contribution in [1.29, 1.82) is 0 Å². The molecule has 168 valence electrons. The van der Waals surface area contributed by atoms with Crippen molar-refractivity contribution in [2.75, 3.05) is 33.2 Å². The third kappa shape index (κ3) is 5.48. The zero-order valence-electron chi connectivity index (χ0n) is 19.4. The van der Waals surface area contributed by atoms with Crippen LogP contribution in [0.2, 0.25) is 0 Å². The summed E-state index contributed by atoms with van der Waals surface area (Å²) >= 11 is 0. The Kier molecular flexibility index (Phi) is 7.28. The second-order valence-electron chi connectivity index (χ2n) is 9.42. The Morgan fingerprint density at radius 3 is 2.58 bits per heavy atom. The van der Waals surface area contributed by atoms with Gasteiger partial charge in [-0.3, -0.25) is 9.89 Å². The number of guanidine groups is 1. The number of rotatable bonds is 5. The lowest BCUT2D eigenvalue weighted by Gasteiger charge is -2.39. The standard InChI is InChI=1S/C25H38N6/c1-20-8-12-29(13-9-20)17-23-7-5-4-6-22(23)16-28-25(26-3)30-14-10-21(2)24(18-30)31-15-11-27-19-31/h4-7,11,15,19-21,24H,8-10,12-14,16-18H2,1-3H3,(H,26,28). The summed E-state index contributed by atoms with van der Waals surface area (Å²) < 4.78 is 2.25. The van der Waals surface area contributed by atoms with Crippen LogP contribution in [-0.2, 0) is 13.1 Å². The summed E-state index contributed by atoms with van der Waals surface area (Å²) in [5.41, 5.74) is 2.81. The van der Waals surface area contributed by atoms with Crippen LogP contribution in [0.3, 0.4) is 0 Å². The molecular weight excluding hydrogens is 384 g/mol. The number of aromatic nitrogens is 2. The number of likely N-dealkylation sites (tertiary alicyclic amines) is 2. The van der Waals surface area contributed by atoms with E-state index in [1.165, 1.54) is 37.1 Å². The molecule has 0 aliphatic carbocycles. The van der Waals surface area contributed by atoms with Crippen molar-refractivity contribution in [1.82, 2.24) is 24.7 Å². The van der Waals surface area contributed by atoms with Gasteiger partial charge in [0.25, 0.3) is 0 Å². The Morgan fingerprint density at radius 1 is 1.10 bits per heavy atom. The van der Waals surface area contributed by atoms with E-state index in [2.05, 4.69) is 74.0 Å². The first-order valence-electron chi connectivity index (χ1n) is 11.9. The molecule has 0 spiro atoms. The maximum atomic E-state index is 4.62. The van der Waals surface area contributed by atoms with E-state index >= 15 is 0 Å². The summed E-state index contributed by atoms with van der Waals surface area (Å²) in [6, 6.07) is 9.30. The second kappa shape index (κ2) is 10.3. The van der Waals surface area contributed by atoms with Gasteiger partial charge >= 0.3 is 0 Å². The highest BCUT2D eigenvalue weighted by molar-refractivity contribution is 5.80. The summed E-state index contributed by atoms with van der Waals surface area (Å²) in [6.45, 7) is 11.0. The van der Waals surface area contributed by atoms with E-state index in [1.807, 2.05) is 19.6 Å². The molecule has 2 aromatic rings. The number of imidazole rings is 1. The van der Waals surface area contributed by atoms with E-state index in [0.29, 0.717) is 12.0 Å². The van der Waals surface area contributed by atoms with Gasteiger partial charge in [0.1, 0.15) is 0 Å². The van der Waals surface area contributed by atoms with Gasteiger partial charge in [0.05, 0.1) is 12.4 Å². The van der Waals surface area contributed by atoms with Crippen molar-refractivity contribution in [2.45, 2.75) is 52.2 Å². The molecule has 1 aromatic heterocycles. The Morgan fingerprint density at radius 2 is 1.87 bits per heavy atom. The smallest absolute Gasteiger partial charge is 0.193 e. The van der Waals surface area contributed by atoms with Crippen LogP contribution in [0.25, 0.3) is 0 Å². The first-order chi connectivity index (χ1) is 15.1. The summed E-state index contributed by atoms with van der Waals surface area (Å²) in [7, 11) is 1.90. The van der Waals surface area contributed by atoms with Gasteiger partial charge in [-0.1, -0.05) is 38.1 Å². The van der Waals surface area contributed by atoms with Crippen LogP contribution in [0.4, 0.5) is 0 Å². The number of benzene rings is 1. The van der Waals surface area contributed by atoms with Gasteiger partial charge in [0, 0.05) is 45.6 Å². The fourth-order valence-electron chi connectivity index (χ4n) is 4.95. The van der Waals surface area contributed by atoms with Crippen LogP contribution in [0.5, 0.6) is 0 Å². The van der Waals surface area contributed by atoms with Crippen molar-refractivity contribution in [2.24, 2.45) is 16.8 Å². The van der Waals surface area contributed by atoms with E-state index in [4.69, 9.17) is 0 Å². The Bertz CT molecular complexity index is 837. The molecule has 2 aliphatic rings. The van der Waals surface area contributed by atoms with Gasteiger partial charge in [0.15, 0.2) is 5.96 Å². The molecule has 6 heteroatoms. The summed E-state index contributed by atoms with van der Waals surface area (Å²) in [5.74, 6) is 2.50. The first kappa shape index (κ1) is 21.9. The highest BCUT2D eigenvalue weighted by Crippen LogP contribution is 2.27. The number of nitrogens with one attached hydrogen (secondary N) is 1. The second-order valence-corrected chi connectivity index (χ2v) is 9.42. The highest BCUT2D eigenvalue weighted by atomic mass is 15.3. The van der Waals surface area contributed by atoms with Crippen LogP contribution in [0.1, 0.15) is 50.3 Å². The quantitative estimate of drug-likeness (QED) is 0.589. The van der Waals surface area contributed by atoms with Crippen molar-refractivity contribution in [3.05, 3.63) is 54.1 Å². The SMILES string of the molecule is CN=C(NCc1ccccc1CN1CCC(C)CC1)N1CCC(C)C(n2ccnc2)C1. The molecule has 0 bridgehead atoms. The maximum absolute atomic E-state index is 4.62. The molecule has 0 radical (unpaired) electrons. The number of nitrogens with zero attached hydrogens (tertiary/aromatic N) is 5. The van der Waals surface area contributed by atoms with Gasteiger partial charge in [-0.05, 0) is 55.3 Å². The minimum absolute atomic E-state index is 0.434. The van der Waals surface area contributed by atoms with Crippen molar-refractivity contribution < 1.29 is 0 Å². The molecule has 2 saturated heterocycles. The van der Waals surface area contributed by atoms with Gasteiger partial charge < -0.3 is 14.8 Å². The van der Waals surface area contributed by atoms with Gasteiger partial charge in [0.2, 0.25) is 0 Å². The normalized spacial score (nSPS) is 23.8. The van der Waals surface area contributed by atoms with E-state index in [1.54, 1.807) is 0 Å². The third-order valence-electron chi connectivity index (χ3n) is 7.16. The lowest BCUT2D eigenvalue weighted by molar-refractivity contribution is 0.184. The number of aliphatic imine (C=N–C) groups is 1. The summed E-state index contributed by atoms with van der Waals surface area (Å²) in [6.07, 6.45) is 9.69. The molecule has 2 fully saturated rings. The molecule has 2 atom stereocenters. The lowest BCUT2D eigenvalue weighted by atomic mass is 9.93. The number of piperidine rings is 2. The average Bonchev–Trinajstić information content (AvgIpc) is 3.32. The molecule has 4 rings (SSSR count). The average molecular weight is 423 g/mol. The molecule has 1 aromatic carbocycles. The number of hydrogen-bond donors (Lipinski definition) is 1. The molecule has 6 nitrogen and oxygen atoms in total. The Balaban J connectivity index is 1.38. The van der Waals surface area contributed by atoms with Crippen LogP contribution < -0.4 is 5.32 Å². The topological polar surface area (TPSA) is 48.7 Å². The maximum Gasteiger partial charge on any atom is 0.193 e. The van der Waals surface area contributed by atoms with Crippen LogP contribution in [0.15, 0.2) is 48.0 Å². The molecule has 0 amide bonds. The van der Waals surface area contributed by atoms with E-state index in [9.17, 15) is 0 Å². The fraction of sp³-hybridized carbons (Fsp3) is 0.600. The molecular formula is C25H38N6. The molecule has 2 aliphatic heterocycles. The zero-order valence-corrected chi connectivity index (χ0v) is 19.4. The summed E-state index contributed by atoms with van der Waals surface area (Å²) in [4.78, 5) is 13.9. The monoisotopic (exact) mass is 422 g/mol. The fourth-order valence-corrected chi connectivity index (χ4v) is 4.95. The molecule has 0 saturated carbocycles. The largest absolute Gasteiger partial charge is 0.352 e. The van der Waals surface area contributed by atoms with Gasteiger partial charge in [-0.15, -0.1) is 0 Å². The molecule has 2 unspecified atom stereocenters. The van der Waals surface area contributed by atoms with Crippen molar-refractivity contribution in [3.8, 4) is 0 Å². The van der Waals surface area contributed by atoms with Crippen LogP contribution in [0, 0.1) is 11.8 Å². The van der Waals surface area contributed by atoms with Gasteiger partial charge in [-0.25, -0.2) is 4.98 Å². The van der Waals surface area contributed by atoms with E-state index < -0.39 is 0 Å². The van der Waals surface area contributed by atoms with Crippen LogP contribution in [-0.4, -0.2) is 58.5 Å². The Labute approximate surface area is 187 Å². The Hall–Kier alpha value is -2.34. The number of hydrogen-bond acceptors (Lipinski definition) is 3. The lowest BCUT2D eigenvalue weighted by Crippen LogP contribution is -2.48. The molecule has 3 heterocycles. The van der Waals surface area contributed by atoms with E-state index in [-0.39, 0.29) is 0 Å². The zero-order chi connectivity index (χ0) is 21.6. The molecule has 1 N–H and O–H groups in total.